The van der Waals surface area contributed by atoms with Gasteiger partial charge >= 0.3 is 0 Å². The zero-order valence-corrected chi connectivity index (χ0v) is 17.6. The molecule has 6 nitrogen and oxygen atoms in total. The van der Waals surface area contributed by atoms with Gasteiger partial charge in [0.1, 0.15) is 11.4 Å². The quantitative estimate of drug-likeness (QED) is 0.615. The van der Waals surface area contributed by atoms with E-state index >= 15 is 0 Å². The van der Waals surface area contributed by atoms with Crippen LogP contribution in [-0.4, -0.2) is 33.0 Å². The Balaban J connectivity index is 1.78. The number of hydrogen-bond acceptors (Lipinski definition) is 5. The van der Waals surface area contributed by atoms with Crippen molar-refractivity contribution in [3.63, 3.8) is 0 Å². The van der Waals surface area contributed by atoms with Gasteiger partial charge in [-0.3, -0.25) is 9.59 Å². The Morgan fingerprint density at radius 3 is 2.19 bits per heavy atom. The number of nitrogens with zero attached hydrogens (tertiary/aromatic N) is 2. The Bertz CT molecular complexity index is 1150. The molecule has 1 N–H and O–H groups in total. The maximum Gasteiger partial charge on any atom is 0.282 e. The third-order valence-electron chi connectivity index (χ3n) is 5.11. The summed E-state index contributed by atoms with van der Waals surface area (Å²) in [5, 5.41) is 3.16. The molecule has 0 spiro atoms. The van der Waals surface area contributed by atoms with E-state index in [1.807, 2.05) is 79.7 Å². The van der Waals surface area contributed by atoms with Gasteiger partial charge in [0.25, 0.3) is 11.8 Å². The number of carbonyl (C=O) groups excluding carboxylic acids is 2. The van der Waals surface area contributed by atoms with E-state index in [1.165, 1.54) is 4.90 Å². The van der Waals surface area contributed by atoms with Gasteiger partial charge in [0, 0.05) is 25.5 Å². The fraction of sp³-hybridized carbons (Fsp3) is 0.120. The molecule has 1 aliphatic rings. The predicted molar refractivity (Wildman–Crippen MR) is 123 cm³/mol. The van der Waals surface area contributed by atoms with Gasteiger partial charge in [-0.2, -0.15) is 0 Å². The second-order valence-corrected chi connectivity index (χ2v) is 7.33. The first kappa shape index (κ1) is 20.2. The molecule has 6 heteroatoms. The summed E-state index contributed by atoms with van der Waals surface area (Å²) < 4.78 is 5.20. The first-order valence-corrected chi connectivity index (χ1v) is 9.86. The number of imide groups is 1. The molecule has 4 rings (SSSR count). The summed E-state index contributed by atoms with van der Waals surface area (Å²) in [6, 6.07) is 23.8. The molecule has 0 bridgehead atoms. The highest BCUT2D eigenvalue weighted by Gasteiger charge is 2.40. The summed E-state index contributed by atoms with van der Waals surface area (Å²) in [4.78, 5) is 30.1. The van der Waals surface area contributed by atoms with Crippen LogP contribution in [0.15, 0.2) is 84.6 Å². The van der Waals surface area contributed by atoms with Crippen molar-refractivity contribution in [1.82, 2.24) is 0 Å². The average Bonchev–Trinajstić information content (AvgIpc) is 3.04. The van der Waals surface area contributed by atoms with Crippen LogP contribution in [0.2, 0.25) is 0 Å². The van der Waals surface area contributed by atoms with Crippen LogP contribution in [0, 0.1) is 0 Å². The lowest BCUT2D eigenvalue weighted by atomic mass is 10.0. The van der Waals surface area contributed by atoms with Crippen LogP contribution >= 0.6 is 0 Å². The second kappa shape index (κ2) is 8.36. The SMILES string of the molecule is COc1ccc(NC2=C(c3ccccc3)C(=O)N(c3cccc(N(C)C)c3)C2=O)cc1. The average molecular weight is 413 g/mol. The molecular weight excluding hydrogens is 390 g/mol. The molecule has 0 fully saturated rings. The van der Waals surface area contributed by atoms with Crippen LogP contribution < -0.4 is 19.9 Å². The molecule has 1 heterocycles. The Hall–Kier alpha value is -4.06. The van der Waals surface area contributed by atoms with Gasteiger partial charge < -0.3 is 15.0 Å². The first-order valence-electron chi connectivity index (χ1n) is 9.86. The minimum absolute atomic E-state index is 0.247. The van der Waals surface area contributed by atoms with Crippen molar-refractivity contribution in [3.8, 4) is 5.75 Å². The van der Waals surface area contributed by atoms with Gasteiger partial charge in [0.15, 0.2) is 0 Å². The van der Waals surface area contributed by atoms with Gasteiger partial charge in [-0.25, -0.2) is 4.90 Å². The molecule has 0 saturated heterocycles. The van der Waals surface area contributed by atoms with Gasteiger partial charge in [-0.1, -0.05) is 36.4 Å². The molecule has 0 aliphatic carbocycles. The van der Waals surface area contributed by atoms with E-state index in [2.05, 4.69) is 5.32 Å². The Morgan fingerprint density at radius 1 is 0.839 bits per heavy atom. The number of benzene rings is 3. The summed E-state index contributed by atoms with van der Waals surface area (Å²) in [6.07, 6.45) is 0. The number of ether oxygens (including phenoxy) is 1. The zero-order chi connectivity index (χ0) is 22.0. The maximum atomic E-state index is 13.5. The van der Waals surface area contributed by atoms with Crippen molar-refractivity contribution in [2.24, 2.45) is 0 Å². The Labute approximate surface area is 181 Å². The largest absolute Gasteiger partial charge is 0.497 e. The Kier molecular flexibility index (Phi) is 5.45. The van der Waals surface area contributed by atoms with E-state index < -0.39 is 5.91 Å². The highest BCUT2D eigenvalue weighted by molar-refractivity contribution is 6.46. The fourth-order valence-corrected chi connectivity index (χ4v) is 3.48. The fourth-order valence-electron chi connectivity index (χ4n) is 3.48. The van der Waals surface area contributed by atoms with Crippen molar-refractivity contribution in [2.45, 2.75) is 0 Å². The van der Waals surface area contributed by atoms with E-state index in [4.69, 9.17) is 4.74 Å². The topological polar surface area (TPSA) is 61.9 Å². The molecule has 0 atom stereocenters. The molecule has 1 aliphatic heterocycles. The van der Waals surface area contributed by atoms with Crippen molar-refractivity contribution in [2.75, 3.05) is 36.3 Å². The first-order chi connectivity index (χ1) is 15.0. The van der Waals surface area contributed by atoms with Crippen LogP contribution in [0.25, 0.3) is 5.57 Å². The highest BCUT2D eigenvalue weighted by atomic mass is 16.5. The lowest BCUT2D eigenvalue weighted by molar-refractivity contribution is -0.120. The van der Waals surface area contributed by atoms with Gasteiger partial charge in [0.2, 0.25) is 0 Å². The molecular formula is C25H23N3O3. The van der Waals surface area contributed by atoms with Gasteiger partial charge in [0.05, 0.1) is 18.4 Å². The number of nitrogens with one attached hydrogen (secondary N) is 1. The van der Waals surface area contributed by atoms with Crippen LogP contribution in [0.1, 0.15) is 5.56 Å². The zero-order valence-electron chi connectivity index (χ0n) is 17.6. The molecule has 0 unspecified atom stereocenters. The van der Waals surface area contributed by atoms with Crippen LogP contribution in [0.5, 0.6) is 5.75 Å². The van der Waals surface area contributed by atoms with Crippen molar-refractivity contribution in [3.05, 3.63) is 90.1 Å². The molecule has 0 radical (unpaired) electrons. The summed E-state index contributed by atoms with van der Waals surface area (Å²) in [5.74, 6) is -0.0440. The van der Waals surface area contributed by atoms with Crippen molar-refractivity contribution >= 4 is 34.4 Å². The van der Waals surface area contributed by atoms with E-state index in [9.17, 15) is 9.59 Å². The number of amides is 2. The number of carbonyl (C=O) groups is 2. The molecule has 0 saturated carbocycles. The van der Waals surface area contributed by atoms with Crippen LogP contribution in [0.3, 0.4) is 0 Å². The summed E-state index contributed by atoms with van der Waals surface area (Å²) >= 11 is 0. The highest BCUT2D eigenvalue weighted by Crippen LogP contribution is 2.35. The molecule has 156 valence electrons. The van der Waals surface area contributed by atoms with Crippen molar-refractivity contribution < 1.29 is 14.3 Å². The number of methoxy groups -OCH3 is 1. The maximum absolute atomic E-state index is 13.5. The second-order valence-electron chi connectivity index (χ2n) is 7.33. The minimum atomic E-state index is -0.393. The monoisotopic (exact) mass is 413 g/mol. The molecule has 31 heavy (non-hydrogen) atoms. The third kappa shape index (κ3) is 3.88. The summed E-state index contributed by atoms with van der Waals surface area (Å²) in [7, 11) is 5.42. The summed E-state index contributed by atoms with van der Waals surface area (Å²) in [5.41, 5.74) is 3.39. The number of hydrogen-bond donors (Lipinski definition) is 1. The third-order valence-corrected chi connectivity index (χ3v) is 5.11. The van der Waals surface area contributed by atoms with E-state index in [-0.39, 0.29) is 11.6 Å². The predicted octanol–water partition coefficient (Wildman–Crippen LogP) is 4.16. The number of anilines is 3. The number of rotatable bonds is 6. The molecule has 3 aromatic carbocycles. The van der Waals surface area contributed by atoms with E-state index in [1.54, 1.807) is 25.3 Å². The van der Waals surface area contributed by atoms with Gasteiger partial charge in [-0.05, 0) is 48.0 Å². The minimum Gasteiger partial charge on any atom is -0.497 e. The van der Waals surface area contributed by atoms with E-state index in [0.29, 0.717) is 28.3 Å². The molecule has 2 amide bonds. The standard InChI is InChI=1S/C25H23N3O3/c1-27(2)19-10-7-11-20(16-19)28-24(29)22(17-8-5-4-6-9-17)23(25(28)30)26-18-12-14-21(31-3)15-13-18/h4-16,26H,1-3H3. The molecule has 3 aromatic rings. The Morgan fingerprint density at radius 2 is 1.55 bits per heavy atom. The summed E-state index contributed by atoms with van der Waals surface area (Å²) in [6.45, 7) is 0. The lowest BCUT2D eigenvalue weighted by Gasteiger charge is -2.19. The van der Waals surface area contributed by atoms with Crippen LogP contribution in [-0.2, 0) is 9.59 Å². The smallest absolute Gasteiger partial charge is 0.282 e. The van der Waals surface area contributed by atoms with Crippen LogP contribution in [0.4, 0.5) is 17.1 Å². The lowest BCUT2D eigenvalue weighted by Crippen LogP contribution is -2.32. The van der Waals surface area contributed by atoms with E-state index in [0.717, 1.165) is 5.69 Å². The van der Waals surface area contributed by atoms with Crippen molar-refractivity contribution in [1.29, 1.82) is 0 Å². The van der Waals surface area contributed by atoms with Gasteiger partial charge in [-0.15, -0.1) is 0 Å². The normalized spacial score (nSPS) is 13.6. The molecule has 0 aromatic heterocycles.